The summed E-state index contributed by atoms with van der Waals surface area (Å²) in [5, 5.41) is 19.3. The van der Waals surface area contributed by atoms with Gasteiger partial charge in [-0.2, -0.15) is 0 Å². The number of hydrogen-bond acceptors (Lipinski definition) is 2. The highest BCUT2D eigenvalue weighted by molar-refractivity contribution is 5.05. The van der Waals surface area contributed by atoms with E-state index in [1.54, 1.807) is 0 Å². The van der Waals surface area contributed by atoms with Gasteiger partial charge < -0.3 is 10.2 Å². The Morgan fingerprint density at radius 2 is 1.67 bits per heavy atom. The summed E-state index contributed by atoms with van der Waals surface area (Å²) in [6.45, 7) is 0. The Balaban J connectivity index is 1.90. The van der Waals surface area contributed by atoms with Crippen LogP contribution in [0.15, 0.2) is 0 Å². The topological polar surface area (TPSA) is 40.5 Å². The Morgan fingerprint density at radius 3 is 2.42 bits per heavy atom. The third kappa shape index (κ3) is 0.728. The molecule has 2 bridgehead atoms. The highest BCUT2D eigenvalue weighted by atomic mass is 16.3. The van der Waals surface area contributed by atoms with Gasteiger partial charge in [-0.25, -0.2) is 0 Å². The van der Waals surface area contributed by atoms with Crippen LogP contribution >= 0.6 is 0 Å². The Hall–Kier alpha value is -0.0800. The van der Waals surface area contributed by atoms with Crippen LogP contribution in [0.2, 0.25) is 0 Å². The lowest BCUT2D eigenvalue weighted by molar-refractivity contribution is 0.00654. The zero-order valence-corrected chi connectivity index (χ0v) is 7.19. The summed E-state index contributed by atoms with van der Waals surface area (Å²) in [5.74, 6) is 2.70. The molecule has 0 heterocycles. The second kappa shape index (κ2) is 2.24. The summed E-state index contributed by atoms with van der Waals surface area (Å²) < 4.78 is 0. The van der Waals surface area contributed by atoms with Crippen molar-refractivity contribution in [2.75, 3.05) is 0 Å². The number of aliphatic hydroxyl groups excluding tert-OH is 2. The molecule has 3 saturated carbocycles. The molecule has 2 nitrogen and oxygen atoms in total. The van der Waals surface area contributed by atoms with Gasteiger partial charge in [0.1, 0.15) is 0 Å². The summed E-state index contributed by atoms with van der Waals surface area (Å²) in [4.78, 5) is 0. The highest BCUT2D eigenvalue weighted by Crippen LogP contribution is 2.58. The van der Waals surface area contributed by atoms with Crippen molar-refractivity contribution in [1.29, 1.82) is 0 Å². The van der Waals surface area contributed by atoms with Crippen molar-refractivity contribution in [3.05, 3.63) is 0 Å². The van der Waals surface area contributed by atoms with Crippen molar-refractivity contribution >= 4 is 0 Å². The fourth-order valence-electron chi connectivity index (χ4n) is 4.01. The molecule has 0 aromatic carbocycles. The Morgan fingerprint density at radius 1 is 0.917 bits per heavy atom. The molecule has 68 valence electrons. The van der Waals surface area contributed by atoms with E-state index in [0.717, 1.165) is 18.3 Å². The maximum Gasteiger partial charge on any atom is 0.0832 e. The number of aliphatic hydroxyl groups is 2. The van der Waals surface area contributed by atoms with Crippen molar-refractivity contribution in [2.24, 2.45) is 23.7 Å². The molecule has 0 aromatic rings. The molecule has 0 spiro atoms. The molecule has 2 heteroatoms. The third-order valence-corrected chi connectivity index (χ3v) is 4.46. The highest BCUT2D eigenvalue weighted by Gasteiger charge is 2.55. The summed E-state index contributed by atoms with van der Waals surface area (Å²) in [6.07, 6.45) is 4.04. The molecule has 0 amide bonds. The van der Waals surface area contributed by atoms with Gasteiger partial charge in [0.15, 0.2) is 0 Å². The van der Waals surface area contributed by atoms with E-state index in [9.17, 15) is 10.2 Å². The van der Waals surface area contributed by atoms with E-state index in [4.69, 9.17) is 0 Å². The molecular formula is C10H16O2. The minimum Gasteiger partial charge on any atom is -0.390 e. The molecule has 3 fully saturated rings. The Bertz CT molecular complexity index is 202. The van der Waals surface area contributed by atoms with E-state index in [1.165, 1.54) is 19.3 Å². The van der Waals surface area contributed by atoms with Gasteiger partial charge in [-0.1, -0.05) is 0 Å². The molecule has 0 unspecified atom stereocenters. The number of rotatable bonds is 0. The van der Waals surface area contributed by atoms with Crippen LogP contribution in [0.3, 0.4) is 0 Å². The molecule has 0 aromatic heterocycles. The third-order valence-electron chi connectivity index (χ3n) is 4.46. The van der Waals surface area contributed by atoms with E-state index in [2.05, 4.69) is 0 Å². The van der Waals surface area contributed by atoms with E-state index in [-0.39, 0.29) is 0 Å². The largest absolute Gasteiger partial charge is 0.390 e. The van der Waals surface area contributed by atoms with Crippen LogP contribution in [0.1, 0.15) is 25.7 Å². The monoisotopic (exact) mass is 168 g/mol. The molecule has 6 atom stereocenters. The van der Waals surface area contributed by atoms with Crippen LogP contribution in [-0.4, -0.2) is 22.4 Å². The van der Waals surface area contributed by atoms with E-state index >= 15 is 0 Å². The van der Waals surface area contributed by atoms with E-state index < -0.39 is 12.2 Å². The second-order valence-corrected chi connectivity index (χ2v) is 4.87. The minimum atomic E-state index is -0.414. The van der Waals surface area contributed by atoms with Crippen LogP contribution in [-0.2, 0) is 0 Å². The molecule has 3 aliphatic carbocycles. The summed E-state index contributed by atoms with van der Waals surface area (Å²) in [6, 6.07) is 0. The van der Waals surface area contributed by atoms with Crippen LogP contribution in [0.5, 0.6) is 0 Å². The molecule has 0 aliphatic heterocycles. The normalized spacial score (nSPS) is 62.5. The van der Waals surface area contributed by atoms with Crippen molar-refractivity contribution in [1.82, 2.24) is 0 Å². The zero-order valence-electron chi connectivity index (χ0n) is 7.19. The zero-order chi connectivity index (χ0) is 8.29. The molecular weight excluding hydrogens is 152 g/mol. The van der Waals surface area contributed by atoms with Crippen LogP contribution in [0.25, 0.3) is 0 Å². The number of hydrogen-bond donors (Lipinski definition) is 2. The van der Waals surface area contributed by atoms with Gasteiger partial charge in [0.2, 0.25) is 0 Å². The van der Waals surface area contributed by atoms with Gasteiger partial charge in [-0.05, 0) is 49.4 Å². The summed E-state index contributed by atoms with van der Waals surface area (Å²) >= 11 is 0. The molecule has 0 saturated heterocycles. The van der Waals surface area contributed by atoms with Crippen LogP contribution in [0.4, 0.5) is 0 Å². The van der Waals surface area contributed by atoms with Crippen molar-refractivity contribution in [3.8, 4) is 0 Å². The predicted octanol–water partition coefficient (Wildman–Crippen LogP) is 0.774. The van der Waals surface area contributed by atoms with Gasteiger partial charge in [0.05, 0.1) is 12.2 Å². The first-order valence-corrected chi connectivity index (χ1v) is 5.13. The SMILES string of the molecule is O[C@@H]1[C@H]2[C@H]3CC[C@@H](C3)[C@H]2C[C@H]1O. The van der Waals surface area contributed by atoms with Crippen molar-refractivity contribution in [3.63, 3.8) is 0 Å². The van der Waals surface area contributed by atoms with Gasteiger partial charge in [-0.15, -0.1) is 0 Å². The van der Waals surface area contributed by atoms with Gasteiger partial charge >= 0.3 is 0 Å². The molecule has 0 radical (unpaired) electrons. The predicted molar refractivity (Wildman–Crippen MR) is 44.4 cm³/mol. The second-order valence-electron chi connectivity index (χ2n) is 4.87. The average molecular weight is 168 g/mol. The molecule has 3 aliphatic rings. The van der Waals surface area contributed by atoms with Gasteiger partial charge in [0, 0.05) is 0 Å². The maximum atomic E-state index is 9.74. The summed E-state index contributed by atoms with van der Waals surface area (Å²) in [5.41, 5.74) is 0. The van der Waals surface area contributed by atoms with E-state index in [0.29, 0.717) is 11.8 Å². The lowest BCUT2D eigenvalue weighted by Gasteiger charge is -2.25. The standard InChI is InChI=1S/C10H16O2/c11-8-4-7-5-1-2-6(3-5)9(7)10(8)12/h5-12H,1-4H2/t5-,6-,7+,8+,9-,10-/m0/s1. The maximum absolute atomic E-state index is 9.74. The Kier molecular flexibility index (Phi) is 1.37. The molecule has 12 heavy (non-hydrogen) atoms. The fourth-order valence-corrected chi connectivity index (χ4v) is 4.01. The lowest BCUT2D eigenvalue weighted by atomic mass is 9.81. The quantitative estimate of drug-likeness (QED) is 0.561. The Labute approximate surface area is 72.6 Å². The van der Waals surface area contributed by atoms with Crippen molar-refractivity contribution < 1.29 is 10.2 Å². The van der Waals surface area contributed by atoms with E-state index in [1.807, 2.05) is 0 Å². The lowest BCUT2D eigenvalue weighted by Crippen LogP contribution is -2.29. The first-order valence-electron chi connectivity index (χ1n) is 5.13. The smallest absolute Gasteiger partial charge is 0.0832 e. The average Bonchev–Trinajstić information content (AvgIpc) is 2.66. The van der Waals surface area contributed by atoms with Crippen LogP contribution in [0, 0.1) is 23.7 Å². The summed E-state index contributed by atoms with van der Waals surface area (Å²) in [7, 11) is 0. The van der Waals surface area contributed by atoms with Gasteiger partial charge in [0.25, 0.3) is 0 Å². The number of fused-ring (bicyclic) bond motifs is 5. The van der Waals surface area contributed by atoms with Gasteiger partial charge in [-0.3, -0.25) is 0 Å². The van der Waals surface area contributed by atoms with Crippen LogP contribution < -0.4 is 0 Å². The fraction of sp³-hybridized carbons (Fsp3) is 1.00. The van der Waals surface area contributed by atoms with Crippen molar-refractivity contribution in [2.45, 2.75) is 37.9 Å². The minimum absolute atomic E-state index is 0.398. The molecule has 2 N–H and O–H groups in total. The first-order chi connectivity index (χ1) is 5.77. The molecule has 3 rings (SSSR count). The first kappa shape index (κ1) is 7.34.